The van der Waals surface area contributed by atoms with E-state index in [0.29, 0.717) is 12.3 Å². The first-order chi connectivity index (χ1) is 9.88. The van der Waals surface area contributed by atoms with Crippen molar-refractivity contribution < 1.29 is 5.11 Å². The Bertz CT molecular complexity index is 541. The summed E-state index contributed by atoms with van der Waals surface area (Å²) in [5.74, 6) is 0.545. The van der Waals surface area contributed by atoms with Gasteiger partial charge in [-0.15, -0.1) is 0 Å². The molecule has 0 saturated carbocycles. The molecule has 3 rings (SSSR count). The summed E-state index contributed by atoms with van der Waals surface area (Å²) in [6.07, 6.45) is 7.04. The van der Waals surface area contributed by atoms with Crippen molar-refractivity contribution >= 4 is 0 Å². The van der Waals surface area contributed by atoms with Gasteiger partial charge in [-0.3, -0.25) is 0 Å². The van der Waals surface area contributed by atoms with Crippen molar-refractivity contribution in [3.63, 3.8) is 0 Å². The Morgan fingerprint density at radius 2 is 2.15 bits per heavy atom. The van der Waals surface area contributed by atoms with Crippen LogP contribution >= 0.6 is 0 Å². The van der Waals surface area contributed by atoms with E-state index in [-0.39, 0.29) is 6.61 Å². The third kappa shape index (κ3) is 2.76. The Kier molecular flexibility index (Phi) is 4.14. The molecular formula is C16H21N3O. The summed E-state index contributed by atoms with van der Waals surface area (Å²) in [5, 5.41) is 12.4. The molecular weight excluding hydrogens is 250 g/mol. The second-order valence-corrected chi connectivity index (χ2v) is 5.37. The number of aliphatic hydroxyl groups excluding tert-OH is 1. The van der Waals surface area contributed by atoms with Gasteiger partial charge in [0.25, 0.3) is 0 Å². The second-order valence-electron chi connectivity index (χ2n) is 5.37. The number of hydrogen-bond donors (Lipinski definition) is 2. The lowest BCUT2D eigenvalue weighted by molar-refractivity contribution is 0.299. The third-order valence-electron chi connectivity index (χ3n) is 4.00. The number of nitrogens with one attached hydrogen (secondary N) is 1. The average Bonchev–Trinajstić information content (AvgIpc) is 2.99. The van der Waals surface area contributed by atoms with E-state index < -0.39 is 0 Å². The van der Waals surface area contributed by atoms with Crippen molar-refractivity contribution in [2.45, 2.75) is 25.2 Å². The van der Waals surface area contributed by atoms with Crippen molar-refractivity contribution in [1.82, 2.24) is 14.9 Å². The number of aromatic nitrogens is 2. The monoisotopic (exact) mass is 271 g/mol. The first-order valence-corrected chi connectivity index (χ1v) is 7.31. The van der Waals surface area contributed by atoms with Crippen molar-refractivity contribution in [1.29, 1.82) is 0 Å². The third-order valence-corrected chi connectivity index (χ3v) is 4.00. The molecule has 1 fully saturated rings. The number of rotatable bonds is 4. The molecule has 1 aromatic heterocycles. The SMILES string of the molecule is OCCc1ccc(-n2cncc2C2CCCNC2)cc1. The van der Waals surface area contributed by atoms with Gasteiger partial charge in [0.05, 0.1) is 6.33 Å². The van der Waals surface area contributed by atoms with Crippen LogP contribution < -0.4 is 5.32 Å². The van der Waals surface area contributed by atoms with Gasteiger partial charge in [-0.25, -0.2) is 4.98 Å². The van der Waals surface area contributed by atoms with Crippen LogP contribution in [0, 0.1) is 0 Å². The maximum absolute atomic E-state index is 8.97. The normalized spacial score (nSPS) is 19.1. The van der Waals surface area contributed by atoms with Crippen LogP contribution in [0.5, 0.6) is 0 Å². The lowest BCUT2D eigenvalue weighted by atomic mass is 9.96. The Labute approximate surface area is 119 Å². The highest BCUT2D eigenvalue weighted by Crippen LogP contribution is 2.25. The summed E-state index contributed by atoms with van der Waals surface area (Å²) in [5.41, 5.74) is 3.59. The van der Waals surface area contributed by atoms with Crippen LogP contribution in [-0.2, 0) is 6.42 Å². The van der Waals surface area contributed by atoms with Crippen LogP contribution in [0.4, 0.5) is 0 Å². The Balaban J connectivity index is 1.84. The Morgan fingerprint density at radius 3 is 2.85 bits per heavy atom. The van der Waals surface area contributed by atoms with E-state index >= 15 is 0 Å². The van der Waals surface area contributed by atoms with Gasteiger partial charge < -0.3 is 15.0 Å². The van der Waals surface area contributed by atoms with E-state index in [2.05, 4.69) is 39.1 Å². The zero-order valence-corrected chi connectivity index (χ0v) is 11.6. The number of aliphatic hydroxyl groups is 1. The fourth-order valence-corrected chi connectivity index (χ4v) is 2.88. The number of benzene rings is 1. The van der Waals surface area contributed by atoms with E-state index in [1.807, 2.05) is 12.5 Å². The lowest BCUT2D eigenvalue weighted by Crippen LogP contribution is -2.29. The molecule has 106 valence electrons. The van der Waals surface area contributed by atoms with Crippen LogP contribution in [0.2, 0.25) is 0 Å². The van der Waals surface area contributed by atoms with E-state index in [9.17, 15) is 0 Å². The fraction of sp³-hybridized carbons (Fsp3) is 0.438. The van der Waals surface area contributed by atoms with Gasteiger partial charge in [0, 0.05) is 36.6 Å². The number of nitrogens with zero attached hydrogens (tertiary/aromatic N) is 2. The zero-order chi connectivity index (χ0) is 13.8. The molecule has 0 bridgehead atoms. The van der Waals surface area contributed by atoms with E-state index in [1.165, 1.54) is 18.5 Å². The van der Waals surface area contributed by atoms with Gasteiger partial charge in [-0.2, -0.15) is 0 Å². The second kappa shape index (κ2) is 6.20. The topological polar surface area (TPSA) is 50.1 Å². The summed E-state index contributed by atoms with van der Waals surface area (Å²) in [6.45, 7) is 2.36. The van der Waals surface area contributed by atoms with E-state index in [4.69, 9.17) is 5.11 Å². The number of imidazole rings is 1. The lowest BCUT2D eigenvalue weighted by Gasteiger charge is -2.23. The van der Waals surface area contributed by atoms with Gasteiger partial charge in [-0.1, -0.05) is 12.1 Å². The van der Waals surface area contributed by atoms with E-state index in [0.717, 1.165) is 24.3 Å². The largest absolute Gasteiger partial charge is 0.396 e. The standard InChI is InChI=1S/C16H21N3O/c20-9-7-13-3-5-15(6-4-13)19-12-18-11-16(19)14-2-1-8-17-10-14/h3-6,11-12,14,17,20H,1-2,7-10H2. The predicted molar refractivity (Wildman–Crippen MR) is 79.2 cm³/mol. The zero-order valence-electron chi connectivity index (χ0n) is 11.6. The quantitative estimate of drug-likeness (QED) is 0.892. The van der Waals surface area contributed by atoms with Gasteiger partial charge >= 0.3 is 0 Å². The maximum atomic E-state index is 8.97. The van der Waals surface area contributed by atoms with Crippen molar-refractivity contribution in [3.05, 3.63) is 48.0 Å². The minimum atomic E-state index is 0.198. The van der Waals surface area contributed by atoms with Crippen molar-refractivity contribution in [3.8, 4) is 5.69 Å². The molecule has 1 aromatic carbocycles. The highest BCUT2D eigenvalue weighted by atomic mass is 16.2. The fourth-order valence-electron chi connectivity index (χ4n) is 2.88. The summed E-state index contributed by atoms with van der Waals surface area (Å²) < 4.78 is 2.18. The molecule has 2 N–H and O–H groups in total. The van der Waals surface area contributed by atoms with Crippen molar-refractivity contribution in [2.24, 2.45) is 0 Å². The van der Waals surface area contributed by atoms with Crippen LogP contribution in [0.15, 0.2) is 36.8 Å². The van der Waals surface area contributed by atoms with Gasteiger partial charge in [0.15, 0.2) is 0 Å². The molecule has 1 saturated heterocycles. The van der Waals surface area contributed by atoms with Gasteiger partial charge in [0.1, 0.15) is 0 Å². The molecule has 0 spiro atoms. The Hall–Kier alpha value is -1.65. The smallest absolute Gasteiger partial charge is 0.0994 e. The highest BCUT2D eigenvalue weighted by molar-refractivity contribution is 5.37. The van der Waals surface area contributed by atoms with E-state index in [1.54, 1.807) is 0 Å². The van der Waals surface area contributed by atoms with Crippen LogP contribution in [0.3, 0.4) is 0 Å². The number of piperidine rings is 1. The van der Waals surface area contributed by atoms with Crippen LogP contribution in [0.1, 0.15) is 30.0 Å². The average molecular weight is 271 g/mol. The summed E-state index contributed by atoms with van der Waals surface area (Å²) >= 11 is 0. The van der Waals surface area contributed by atoms with Crippen LogP contribution in [-0.4, -0.2) is 34.4 Å². The molecule has 1 unspecified atom stereocenters. The molecule has 0 amide bonds. The molecule has 2 heterocycles. The highest BCUT2D eigenvalue weighted by Gasteiger charge is 2.19. The Morgan fingerprint density at radius 1 is 1.30 bits per heavy atom. The first-order valence-electron chi connectivity index (χ1n) is 7.31. The van der Waals surface area contributed by atoms with Crippen LogP contribution in [0.25, 0.3) is 5.69 Å². The predicted octanol–water partition coefficient (Wildman–Crippen LogP) is 1.87. The minimum Gasteiger partial charge on any atom is -0.396 e. The van der Waals surface area contributed by atoms with Gasteiger partial charge in [0.2, 0.25) is 0 Å². The molecule has 1 aliphatic heterocycles. The first kappa shape index (κ1) is 13.3. The van der Waals surface area contributed by atoms with Gasteiger partial charge in [-0.05, 0) is 43.5 Å². The molecule has 0 aliphatic carbocycles. The molecule has 4 heteroatoms. The minimum absolute atomic E-state index is 0.198. The molecule has 1 aliphatic rings. The maximum Gasteiger partial charge on any atom is 0.0994 e. The molecule has 0 radical (unpaired) electrons. The van der Waals surface area contributed by atoms with Crippen molar-refractivity contribution in [2.75, 3.05) is 19.7 Å². The summed E-state index contributed by atoms with van der Waals surface area (Å²) in [6, 6.07) is 8.36. The molecule has 20 heavy (non-hydrogen) atoms. The number of hydrogen-bond acceptors (Lipinski definition) is 3. The molecule has 1 atom stereocenters. The molecule has 4 nitrogen and oxygen atoms in total. The summed E-state index contributed by atoms with van der Waals surface area (Å²) in [7, 11) is 0. The summed E-state index contributed by atoms with van der Waals surface area (Å²) in [4.78, 5) is 4.33. The molecule has 2 aromatic rings.